The molecule has 1 amide bonds. The maximum absolute atomic E-state index is 11.1. The SMILES string of the molecule is CCc1cc(-c2nnc(-c3ccc(OC(C)C)c(C)c3)o2)cc(C)c1OCC(O)CNC(=O)CO. The van der Waals surface area contributed by atoms with Gasteiger partial charge in [0.15, 0.2) is 0 Å². The van der Waals surface area contributed by atoms with Gasteiger partial charge in [-0.15, -0.1) is 10.2 Å². The van der Waals surface area contributed by atoms with Gasteiger partial charge in [-0.2, -0.15) is 0 Å². The molecule has 1 heterocycles. The summed E-state index contributed by atoms with van der Waals surface area (Å²) >= 11 is 0. The lowest BCUT2D eigenvalue weighted by Gasteiger charge is -2.17. The van der Waals surface area contributed by atoms with Crippen molar-refractivity contribution in [1.29, 1.82) is 0 Å². The number of rotatable bonds is 11. The van der Waals surface area contributed by atoms with E-state index in [4.69, 9.17) is 19.0 Å². The summed E-state index contributed by atoms with van der Waals surface area (Å²) in [6.07, 6.45) is -0.125. The Balaban J connectivity index is 1.76. The Morgan fingerprint density at radius 2 is 1.77 bits per heavy atom. The summed E-state index contributed by atoms with van der Waals surface area (Å²) in [5.41, 5.74) is 4.36. The van der Waals surface area contributed by atoms with Crippen molar-refractivity contribution in [1.82, 2.24) is 15.5 Å². The number of nitrogens with zero attached hydrogens (tertiary/aromatic N) is 2. The van der Waals surface area contributed by atoms with Crippen LogP contribution in [-0.4, -0.2) is 58.3 Å². The fraction of sp³-hybridized carbons (Fsp3) is 0.423. The van der Waals surface area contributed by atoms with Gasteiger partial charge in [0.25, 0.3) is 0 Å². The first kappa shape index (κ1) is 26.2. The number of nitrogens with one attached hydrogen (secondary N) is 1. The van der Waals surface area contributed by atoms with Crippen molar-refractivity contribution in [3.05, 3.63) is 47.0 Å². The van der Waals surface area contributed by atoms with Crippen molar-refractivity contribution in [2.75, 3.05) is 19.8 Å². The maximum atomic E-state index is 11.1. The van der Waals surface area contributed by atoms with Crippen LogP contribution in [0.15, 0.2) is 34.7 Å². The highest BCUT2D eigenvalue weighted by molar-refractivity contribution is 5.76. The third-order valence-corrected chi connectivity index (χ3v) is 5.29. The van der Waals surface area contributed by atoms with Crippen LogP contribution in [0.1, 0.15) is 37.5 Å². The second kappa shape index (κ2) is 11.8. The van der Waals surface area contributed by atoms with Crippen molar-refractivity contribution >= 4 is 5.91 Å². The zero-order valence-corrected chi connectivity index (χ0v) is 20.8. The molecular weight excluding hydrogens is 450 g/mol. The number of aliphatic hydroxyl groups is 2. The minimum absolute atomic E-state index is 0.000525. The molecule has 0 saturated heterocycles. The Morgan fingerprint density at radius 1 is 1.09 bits per heavy atom. The van der Waals surface area contributed by atoms with Crippen LogP contribution in [-0.2, 0) is 11.2 Å². The van der Waals surface area contributed by atoms with Crippen LogP contribution in [0.4, 0.5) is 0 Å². The first-order valence-electron chi connectivity index (χ1n) is 11.6. The molecule has 0 fully saturated rings. The summed E-state index contributed by atoms with van der Waals surface area (Å²) in [5.74, 6) is 1.76. The zero-order chi connectivity index (χ0) is 25.5. The minimum atomic E-state index is -0.909. The average Bonchev–Trinajstić information content (AvgIpc) is 3.32. The van der Waals surface area contributed by atoms with Gasteiger partial charge in [0.2, 0.25) is 17.7 Å². The summed E-state index contributed by atoms with van der Waals surface area (Å²) in [6, 6.07) is 9.60. The van der Waals surface area contributed by atoms with E-state index in [0.717, 1.165) is 33.6 Å². The Bertz CT molecular complexity index is 1160. The van der Waals surface area contributed by atoms with E-state index in [1.807, 2.05) is 65.0 Å². The second-order valence-corrected chi connectivity index (χ2v) is 8.62. The fourth-order valence-electron chi connectivity index (χ4n) is 3.59. The summed E-state index contributed by atoms with van der Waals surface area (Å²) in [4.78, 5) is 11.1. The molecule has 0 aliphatic carbocycles. The van der Waals surface area contributed by atoms with E-state index in [1.165, 1.54) is 0 Å². The molecule has 3 rings (SSSR count). The van der Waals surface area contributed by atoms with Gasteiger partial charge in [-0.05, 0) is 81.1 Å². The van der Waals surface area contributed by atoms with E-state index >= 15 is 0 Å². The highest BCUT2D eigenvalue weighted by Crippen LogP contribution is 2.33. The normalized spacial score (nSPS) is 12.0. The molecule has 1 atom stereocenters. The molecule has 1 unspecified atom stereocenters. The number of ether oxygens (including phenoxy) is 2. The van der Waals surface area contributed by atoms with E-state index in [0.29, 0.717) is 24.0 Å². The smallest absolute Gasteiger partial charge is 0.248 e. The number of aliphatic hydroxyl groups excluding tert-OH is 2. The molecule has 0 saturated carbocycles. The molecule has 0 radical (unpaired) electrons. The van der Waals surface area contributed by atoms with E-state index in [9.17, 15) is 9.90 Å². The molecule has 3 aromatic rings. The van der Waals surface area contributed by atoms with E-state index in [1.54, 1.807) is 0 Å². The molecule has 0 bridgehead atoms. The van der Waals surface area contributed by atoms with Gasteiger partial charge in [0, 0.05) is 17.7 Å². The maximum Gasteiger partial charge on any atom is 0.248 e. The van der Waals surface area contributed by atoms with Crippen molar-refractivity contribution in [3.63, 3.8) is 0 Å². The lowest BCUT2D eigenvalue weighted by Crippen LogP contribution is -2.36. The summed E-state index contributed by atoms with van der Waals surface area (Å²) < 4.78 is 17.6. The van der Waals surface area contributed by atoms with E-state index in [-0.39, 0.29) is 19.3 Å². The second-order valence-electron chi connectivity index (χ2n) is 8.62. The number of hydrogen-bond acceptors (Lipinski definition) is 8. The lowest BCUT2D eigenvalue weighted by atomic mass is 10.0. The molecule has 0 spiro atoms. The first-order chi connectivity index (χ1) is 16.7. The average molecular weight is 484 g/mol. The molecule has 9 heteroatoms. The van der Waals surface area contributed by atoms with Crippen LogP contribution >= 0.6 is 0 Å². The zero-order valence-electron chi connectivity index (χ0n) is 20.8. The largest absolute Gasteiger partial charge is 0.491 e. The molecule has 35 heavy (non-hydrogen) atoms. The van der Waals surface area contributed by atoms with Crippen molar-refractivity contribution < 1.29 is 28.9 Å². The lowest BCUT2D eigenvalue weighted by molar-refractivity contribution is -0.124. The number of benzene rings is 2. The van der Waals surface area contributed by atoms with Gasteiger partial charge in [-0.1, -0.05) is 6.92 Å². The van der Waals surface area contributed by atoms with Gasteiger partial charge < -0.3 is 29.4 Å². The topological polar surface area (TPSA) is 127 Å². The predicted octanol–water partition coefficient (Wildman–Crippen LogP) is 3.22. The number of aryl methyl sites for hydroxylation is 3. The number of amides is 1. The van der Waals surface area contributed by atoms with E-state index < -0.39 is 18.6 Å². The Hall–Kier alpha value is -3.43. The third kappa shape index (κ3) is 6.80. The van der Waals surface area contributed by atoms with Crippen LogP contribution in [0.3, 0.4) is 0 Å². The van der Waals surface area contributed by atoms with Gasteiger partial charge in [0.1, 0.15) is 30.8 Å². The number of carbonyl (C=O) groups is 1. The third-order valence-electron chi connectivity index (χ3n) is 5.29. The number of carbonyl (C=O) groups excluding carboxylic acids is 1. The molecule has 0 aliphatic heterocycles. The quantitative estimate of drug-likeness (QED) is 0.379. The first-order valence-corrected chi connectivity index (χ1v) is 11.6. The Labute approximate surface area is 205 Å². The number of aromatic nitrogens is 2. The van der Waals surface area contributed by atoms with Gasteiger partial charge in [-0.3, -0.25) is 4.79 Å². The van der Waals surface area contributed by atoms with Crippen molar-refractivity contribution in [2.45, 2.75) is 53.2 Å². The molecule has 0 aliphatic rings. The molecule has 3 N–H and O–H groups in total. The van der Waals surface area contributed by atoms with Crippen molar-refractivity contribution in [2.24, 2.45) is 0 Å². The molecule has 2 aromatic carbocycles. The summed E-state index contributed by atoms with van der Waals surface area (Å²) in [6.45, 7) is 9.24. The van der Waals surface area contributed by atoms with Crippen LogP contribution < -0.4 is 14.8 Å². The van der Waals surface area contributed by atoms with Crippen LogP contribution in [0, 0.1) is 13.8 Å². The Morgan fingerprint density at radius 3 is 2.40 bits per heavy atom. The monoisotopic (exact) mass is 483 g/mol. The molecule has 1 aromatic heterocycles. The van der Waals surface area contributed by atoms with Crippen LogP contribution in [0.5, 0.6) is 11.5 Å². The van der Waals surface area contributed by atoms with Crippen LogP contribution in [0.25, 0.3) is 22.9 Å². The van der Waals surface area contributed by atoms with Crippen LogP contribution in [0.2, 0.25) is 0 Å². The van der Waals surface area contributed by atoms with Crippen molar-refractivity contribution in [3.8, 4) is 34.4 Å². The molecule has 9 nitrogen and oxygen atoms in total. The molecule has 188 valence electrons. The standard InChI is InChI=1S/C26H33N3O6/c1-6-18-11-20(10-17(5)24(18)33-14-21(31)12-27-23(32)13-30)26-29-28-25(35-26)19-7-8-22(16(4)9-19)34-15(2)3/h7-11,15,21,30-31H,6,12-14H2,1-5H3,(H,27,32). The molecular formula is C26H33N3O6. The minimum Gasteiger partial charge on any atom is -0.491 e. The highest BCUT2D eigenvalue weighted by Gasteiger charge is 2.17. The van der Waals surface area contributed by atoms with Gasteiger partial charge >= 0.3 is 0 Å². The van der Waals surface area contributed by atoms with E-state index in [2.05, 4.69) is 15.5 Å². The van der Waals surface area contributed by atoms with Gasteiger partial charge in [-0.25, -0.2) is 0 Å². The summed E-state index contributed by atoms with van der Waals surface area (Å²) in [5, 5.41) is 29.7. The Kier molecular flexibility index (Phi) is 8.84. The predicted molar refractivity (Wildman–Crippen MR) is 131 cm³/mol. The number of hydrogen-bond donors (Lipinski definition) is 3. The fourth-order valence-corrected chi connectivity index (χ4v) is 3.59. The summed E-state index contributed by atoms with van der Waals surface area (Å²) in [7, 11) is 0. The highest BCUT2D eigenvalue weighted by atomic mass is 16.5. The van der Waals surface area contributed by atoms with Gasteiger partial charge in [0.05, 0.1) is 6.10 Å².